The molecule has 0 N–H and O–H groups in total. The first kappa shape index (κ1) is 16.7. The van der Waals surface area contributed by atoms with Gasteiger partial charge in [0.05, 0.1) is 17.9 Å². The molecule has 0 radical (unpaired) electrons. The van der Waals surface area contributed by atoms with Crippen LogP contribution in [0.1, 0.15) is 50.3 Å². The van der Waals surface area contributed by atoms with Crippen molar-refractivity contribution >= 4 is 16.9 Å². The fraction of sp³-hybridized carbons (Fsp3) is 0.600. The van der Waals surface area contributed by atoms with Crippen LogP contribution >= 0.6 is 0 Å². The molecule has 7 nitrogen and oxygen atoms in total. The van der Waals surface area contributed by atoms with E-state index in [4.69, 9.17) is 9.97 Å². The van der Waals surface area contributed by atoms with Gasteiger partial charge in [0.25, 0.3) is 0 Å². The third kappa shape index (κ3) is 3.19. The minimum absolute atomic E-state index is 0.509. The number of rotatable bonds is 4. The maximum atomic E-state index is 5.09. The molecule has 1 aliphatic heterocycles. The third-order valence-corrected chi connectivity index (χ3v) is 6.16. The molecule has 0 bridgehead atoms. The molecule has 2 fully saturated rings. The molecule has 0 spiro atoms. The van der Waals surface area contributed by atoms with Gasteiger partial charge in [0, 0.05) is 45.0 Å². The summed E-state index contributed by atoms with van der Waals surface area (Å²) in [6.45, 7) is 3.11. The van der Waals surface area contributed by atoms with Crippen molar-refractivity contribution in [2.24, 2.45) is 13.0 Å². The predicted molar refractivity (Wildman–Crippen MR) is 105 cm³/mol. The van der Waals surface area contributed by atoms with Crippen LogP contribution in [-0.2, 0) is 13.6 Å². The van der Waals surface area contributed by atoms with Crippen LogP contribution in [0.15, 0.2) is 24.9 Å². The van der Waals surface area contributed by atoms with Crippen molar-refractivity contribution < 1.29 is 0 Å². The molecule has 3 aromatic rings. The molecule has 0 aromatic carbocycles. The zero-order valence-corrected chi connectivity index (χ0v) is 16.0. The van der Waals surface area contributed by atoms with E-state index in [0.29, 0.717) is 11.8 Å². The zero-order chi connectivity index (χ0) is 18.2. The summed E-state index contributed by atoms with van der Waals surface area (Å²) in [5, 5.41) is 5.56. The highest BCUT2D eigenvalue weighted by Gasteiger charge is 2.27. The zero-order valence-electron chi connectivity index (χ0n) is 16.0. The first-order chi connectivity index (χ1) is 13.3. The lowest BCUT2D eigenvalue weighted by Crippen LogP contribution is -2.37. The van der Waals surface area contributed by atoms with Crippen LogP contribution in [0.3, 0.4) is 0 Å². The quantitative estimate of drug-likeness (QED) is 0.711. The number of anilines is 1. The molecular formula is C20H27N7. The van der Waals surface area contributed by atoms with E-state index in [1.54, 1.807) is 0 Å². The van der Waals surface area contributed by atoms with Crippen molar-refractivity contribution in [2.75, 3.05) is 18.0 Å². The summed E-state index contributed by atoms with van der Waals surface area (Å²) in [5.41, 5.74) is 0.971. The summed E-state index contributed by atoms with van der Waals surface area (Å²) >= 11 is 0. The molecule has 1 aliphatic carbocycles. The van der Waals surface area contributed by atoms with Gasteiger partial charge in [0.2, 0.25) is 0 Å². The van der Waals surface area contributed by atoms with Crippen molar-refractivity contribution in [1.82, 2.24) is 29.3 Å². The highest BCUT2D eigenvalue weighted by atomic mass is 15.3. The molecule has 0 unspecified atom stereocenters. The Morgan fingerprint density at radius 2 is 2.00 bits per heavy atom. The number of imidazole rings is 1. The van der Waals surface area contributed by atoms with Gasteiger partial charge < -0.3 is 9.47 Å². The Morgan fingerprint density at radius 1 is 1.11 bits per heavy atom. The summed E-state index contributed by atoms with van der Waals surface area (Å²) in [7, 11) is 1.98. The van der Waals surface area contributed by atoms with Crippen LogP contribution in [0.2, 0.25) is 0 Å². The van der Waals surface area contributed by atoms with Gasteiger partial charge in [-0.15, -0.1) is 0 Å². The average molecular weight is 365 g/mol. The first-order valence-corrected chi connectivity index (χ1v) is 10.2. The van der Waals surface area contributed by atoms with Gasteiger partial charge >= 0.3 is 0 Å². The molecule has 27 heavy (non-hydrogen) atoms. The summed E-state index contributed by atoms with van der Waals surface area (Å²) in [6, 6.07) is 0. The van der Waals surface area contributed by atoms with Crippen LogP contribution in [0, 0.1) is 5.92 Å². The van der Waals surface area contributed by atoms with E-state index in [9.17, 15) is 0 Å². The molecule has 5 rings (SSSR count). The first-order valence-electron chi connectivity index (χ1n) is 10.2. The van der Waals surface area contributed by atoms with Crippen LogP contribution in [0.5, 0.6) is 0 Å². The summed E-state index contributed by atoms with van der Waals surface area (Å²) in [6.07, 6.45) is 15.2. The molecule has 3 aromatic heterocycles. The van der Waals surface area contributed by atoms with E-state index in [1.807, 2.05) is 30.5 Å². The lowest BCUT2D eigenvalue weighted by Gasteiger charge is -2.34. The van der Waals surface area contributed by atoms with E-state index in [-0.39, 0.29) is 0 Å². The highest BCUT2D eigenvalue weighted by Crippen LogP contribution is 2.35. The van der Waals surface area contributed by atoms with Gasteiger partial charge in [-0.1, -0.05) is 12.8 Å². The smallest absolute Gasteiger partial charge is 0.163 e. The maximum absolute atomic E-state index is 5.09. The lowest BCUT2D eigenvalue weighted by molar-refractivity contribution is 0.365. The van der Waals surface area contributed by atoms with E-state index < -0.39 is 0 Å². The molecule has 0 amide bonds. The average Bonchev–Trinajstić information content (AvgIpc) is 3.44. The molecule has 1 saturated carbocycles. The molecule has 2 aliphatic rings. The minimum atomic E-state index is 0.509. The fourth-order valence-corrected chi connectivity index (χ4v) is 4.73. The van der Waals surface area contributed by atoms with Crippen molar-refractivity contribution in [3.8, 4) is 0 Å². The van der Waals surface area contributed by atoms with Gasteiger partial charge in [-0.3, -0.25) is 4.68 Å². The molecule has 1 saturated heterocycles. The van der Waals surface area contributed by atoms with Gasteiger partial charge in [0.1, 0.15) is 11.6 Å². The van der Waals surface area contributed by atoms with Crippen LogP contribution in [-0.4, -0.2) is 42.4 Å². The van der Waals surface area contributed by atoms with Crippen molar-refractivity contribution in [2.45, 2.75) is 51.0 Å². The number of hydrogen-bond acceptors (Lipinski definition) is 5. The van der Waals surface area contributed by atoms with Gasteiger partial charge in [0.15, 0.2) is 5.65 Å². The largest absolute Gasteiger partial charge is 0.356 e. The standard InChI is InChI=1S/C20H27N7/c1-25-19-17(11-22-25)20(24-18(23-19)16-6-2-3-7-16)27-9-4-5-15(13-27)12-26-10-8-21-14-26/h8,10-11,14-16H,2-7,9,12-13H2,1H3/t15-/m0/s1. The number of piperidine rings is 1. The van der Waals surface area contributed by atoms with Crippen LogP contribution in [0.4, 0.5) is 5.82 Å². The Bertz CT molecular complexity index is 908. The van der Waals surface area contributed by atoms with Gasteiger partial charge in [-0.05, 0) is 31.6 Å². The molecule has 4 heterocycles. The van der Waals surface area contributed by atoms with E-state index in [1.165, 1.54) is 38.5 Å². The molecular weight excluding hydrogens is 338 g/mol. The van der Waals surface area contributed by atoms with E-state index in [2.05, 4.69) is 25.7 Å². The Balaban J connectivity index is 1.47. The number of aromatic nitrogens is 6. The Morgan fingerprint density at radius 3 is 2.81 bits per heavy atom. The SMILES string of the molecule is Cn1ncc2c(N3CCC[C@@H](Cn4ccnc4)C3)nc(C3CCCC3)nc21. The van der Waals surface area contributed by atoms with Crippen molar-refractivity contribution in [3.63, 3.8) is 0 Å². The van der Waals surface area contributed by atoms with Crippen LogP contribution < -0.4 is 4.90 Å². The Kier molecular flexibility index (Phi) is 4.30. The second kappa shape index (κ2) is 6.94. The highest BCUT2D eigenvalue weighted by molar-refractivity contribution is 5.87. The normalized spacial score (nSPS) is 21.4. The Hall–Kier alpha value is -2.44. The van der Waals surface area contributed by atoms with E-state index in [0.717, 1.165) is 42.3 Å². The van der Waals surface area contributed by atoms with Crippen molar-refractivity contribution in [1.29, 1.82) is 0 Å². The lowest BCUT2D eigenvalue weighted by atomic mass is 9.97. The van der Waals surface area contributed by atoms with Crippen molar-refractivity contribution in [3.05, 3.63) is 30.7 Å². The summed E-state index contributed by atoms with van der Waals surface area (Å²) < 4.78 is 4.09. The number of aryl methyl sites for hydroxylation is 1. The predicted octanol–water partition coefficient (Wildman–Crippen LogP) is 3.13. The van der Waals surface area contributed by atoms with Gasteiger partial charge in [-0.2, -0.15) is 5.10 Å². The molecule has 1 atom stereocenters. The second-order valence-electron chi connectivity index (χ2n) is 8.11. The minimum Gasteiger partial charge on any atom is -0.356 e. The third-order valence-electron chi connectivity index (χ3n) is 6.16. The molecule has 7 heteroatoms. The van der Waals surface area contributed by atoms with E-state index >= 15 is 0 Å². The summed E-state index contributed by atoms with van der Waals surface area (Å²) in [4.78, 5) is 16.6. The summed E-state index contributed by atoms with van der Waals surface area (Å²) in [5.74, 6) is 3.24. The number of nitrogens with zero attached hydrogens (tertiary/aromatic N) is 7. The Labute approximate surface area is 159 Å². The van der Waals surface area contributed by atoms with Gasteiger partial charge in [-0.25, -0.2) is 15.0 Å². The second-order valence-corrected chi connectivity index (χ2v) is 8.11. The number of hydrogen-bond donors (Lipinski definition) is 0. The van der Waals surface area contributed by atoms with Crippen LogP contribution in [0.25, 0.3) is 11.0 Å². The molecule has 142 valence electrons. The topological polar surface area (TPSA) is 64.7 Å². The fourth-order valence-electron chi connectivity index (χ4n) is 4.73. The maximum Gasteiger partial charge on any atom is 0.163 e. The monoisotopic (exact) mass is 365 g/mol. The number of fused-ring (bicyclic) bond motifs is 1.